The maximum absolute atomic E-state index is 13.0. The summed E-state index contributed by atoms with van der Waals surface area (Å²) in [5.74, 6) is 0.565. The average Bonchev–Trinajstić information content (AvgIpc) is 3.51. The highest BCUT2D eigenvalue weighted by Crippen LogP contribution is 2.39. The van der Waals surface area contributed by atoms with Crippen LogP contribution in [0.4, 0.5) is 0 Å². The molecule has 1 saturated heterocycles. The van der Waals surface area contributed by atoms with Crippen LogP contribution in [0.3, 0.4) is 0 Å². The molecule has 12 nitrogen and oxygen atoms in total. The van der Waals surface area contributed by atoms with Crippen LogP contribution in [0.25, 0.3) is 0 Å². The summed E-state index contributed by atoms with van der Waals surface area (Å²) in [6.07, 6.45) is 5.26. The first-order chi connectivity index (χ1) is 25.0. The SMILES string of the molecule is CCOCCOCCOCCOCCC(=O)NCCOCCOCCCS(=O)(=O)c1ccc(OC2c3ccccc3C[C@@H]2N2CCCCC2)cc1. The first kappa shape index (κ1) is 41.1. The third-order valence-corrected chi connectivity index (χ3v) is 10.7. The van der Waals surface area contributed by atoms with E-state index in [0.717, 1.165) is 19.5 Å². The number of nitrogens with zero attached hydrogens (tertiary/aromatic N) is 1. The molecule has 1 aliphatic heterocycles. The number of hydrogen-bond donors (Lipinski definition) is 1. The number of rotatable bonds is 27. The number of nitrogens with one attached hydrogen (secondary N) is 1. The van der Waals surface area contributed by atoms with E-state index in [0.29, 0.717) is 104 Å². The summed E-state index contributed by atoms with van der Waals surface area (Å²) in [4.78, 5) is 14.8. The number of piperidine rings is 1. The molecule has 0 aromatic heterocycles. The zero-order chi connectivity index (χ0) is 36.0. The van der Waals surface area contributed by atoms with Gasteiger partial charge in [-0.3, -0.25) is 9.69 Å². The van der Waals surface area contributed by atoms with Gasteiger partial charge < -0.3 is 38.5 Å². The lowest BCUT2D eigenvalue weighted by atomic mass is 10.0. The molecular weight excluding hydrogens is 676 g/mol. The summed E-state index contributed by atoms with van der Waals surface area (Å²) in [5, 5.41) is 2.79. The number of ether oxygens (including phenoxy) is 7. The molecule has 0 bridgehead atoms. The van der Waals surface area contributed by atoms with E-state index >= 15 is 0 Å². The molecule has 1 heterocycles. The van der Waals surface area contributed by atoms with Crippen LogP contribution in [0, 0.1) is 0 Å². The number of amides is 1. The van der Waals surface area contributed by atoms with Crippen molar-refractivity contribution in [3.05, 3.63) is 59.7 Å². The van der Waals surface area contributed by atoms with Crippen molar-refractivity contribution in [1.82, 2.24) is 10.2 Å². The second-order valence-corrected chi connectivity index (χ2v) is 14.7. The number of carbonyl (C=O) groups is 1. The molecule has 51 heavy (non-hydrogen) atoms. The van der Waals surface area contributed by atoms with Crippen molar-refractivity contribution in [3.8, 4) is 5.75 Å². The third-order valence-electron chi connectivity index (χ3n) is 8.88. The van der Waals surface area contributed by atoms with Gasteiger partial charge in [0.15, 0.2) is 9.84 Å². The van der Waals surface area contributed by atoms with E-state index < -0.39 is 9.84 Å². The molecule has 1 aliphatic carbocycles. The molecule has 1 unspecified atom stereocenters. The molecule has 2 aliphatic rings. The number of fused-ring (bicyclic) bond motifs is 1. The van der Waals surface area contributed by atoms with Crippen LogP contribution in [-0.4, -0.2) is 130 Å². The van der Waals surface area contributed by atoms with E-state index in [9.17, 15) is 13.2 Å². The Morgan fingerprint density at radius 3 is 2.04 bits per heavy atom. The number of benzene rings is 2. The van der Waals surface area contributed by atoms with Crippen LogP contribution < -0.4 is 10.1 Å². The topological polar surface area (TPSA) is 131 Å². The van der Waals surface area contributed by atoms with Gasteiger partial charge in [0.05, 0.1) is 82.8 Å². The lowest BCUT2D eigenvalue weighted by molar-refractivity contribution is -0.122. The van der Waals surface area contributed by atoms with Gasteiger partial charge in [0, 0.05) is 26.2 Å². The maximum Gasteiger partial charge on any atom is 0.222 e. The van der Waals surface area contributed by atoms with Gasteiger partial charge in [-0.05, 0) is 81.1 Å². The Morgan fingerprint density at radius 1 is 0.745 bits per heavy atom. The second-order valence-electron chi connectivity index (χ2n) is 12.6. The van der Waals surface area contributed by atoms with Gasteiger partial charge in [-0.1, -0.05) is 30.7 Å². The lowest BCUT2D eigenvalue weighted by Gasteiger charge is -2.35. The summed E-state index contributed by atoms with van der Waals surface area (Å²) in [5.41, 5.74) is 2.56. The molecule has 13 heteroatoms. The molecule has 0 radical (unpaired) electrons. The molecule has 4 rings (SSSR count). The minimum Gasteiger partial charge on any atom is -0.484 e. The van der Waals surface area contributed by atoms with Crippen LogP contribution in [-0.2, 0) is 49.5 Å². The highest BCUT2D eigenvalue weighted by Gasteiger charge is 2.38. The van der Waals surface area contributed by atoms with Crippen LogP contribution in [0.5, 0.6) is 5.75 Å². The molecule has 2 atom stereocenters. The van der Waals surface area contributed by atoms with E-state index in [1.165, 1.54) is 30.4 Å². The molecule has 1 N–H and O–H groups in total. The molecule has 286 valence electrons. The fraction of sp³-hybridized carbons (Fsp3) is 0.658. The minimum atomic E-state index is -3.45. The van der Waals surface area contributed by atoms with Crippen molar-refractivity contribution in [2.45, 2.75) is 62.5 Å². The summed E-state index contributed by atoms with van der Waals surface area (Å²) in [6.45, 7) is 9.90. The zero-order valence-electron chi connectivity index (χ0n) is 30.3. The normalized spacial score (nSPS) is 17.7. The van der Waals surface area contributed by atoms with Gasteiger partial charge in [-0.2, -0.15) is 0 Å². The quantitative estimate of drug-likeness (QED) is 0.134. The smallest absolute Gasteiger partial charge is 0.222 e. The van der Waals surface area contributed by atoms with Crippen molar-refractivity contribution >= 4 is 15.7 Å². The van der Waals surface area contributed by atoms with Gasteiger partial charge >= 0.3 is 0 Å². The number of likely N-dealkylation sites (tertiary alicyclic amines) is 1. The Kier molecular flexibility index (Phi) is 19.2. The van der Waals surface area contributed by atoms with Crippen LogP contribution in [0.1, 0.15) is 56.3 Å². The standard InChI is InChI=1S/C38H58N2O10S/c1-2-44-22-23-48-28-29-49-27-25-46-20-15-37(41)39-16-21-47-26-24-45-19-8-30-51(42,43)34-13-11-33(12-14-34)50-38-35-10-5-4-9-32(35)31-36(38)40-17-6-3-7-18-40/h4-5,9-14,36,38H,2-3,6-8,15-31H2,1H3,(H,39,41)/t36-,38?/m0/s1. The van der Waals surface area contributed by atoms with E-state index in [4.69, 9.17) is 33.2 Å². The Bertz CT molecular complexity index is 1350. The predicted octanol–water partition coefficient (Wildman–Crippen LogP) is 4.01. The maximum atomic E-state index is 13.0. The summed E-state index contributed by atoms with van der Waals surface area (Å²) < 4.78 is 64.9. The highest BCUT2D eigenvalue weighted by molar-refractivity contribution is 7.91. The summed E-state index contributed by atoms with van der Waals surface area (Å²) in [6, 6.07) is 15.6. The van der Waals surface area contributed by atoms with E-state index in [1.807, 2.05) is 6.92 Å². The largest absolute Gasteiger partial charge is 0.484 e. The molecule has 1 amide bonds. The van der Waals surface area contributed by atoms with Crippen molar-refractivity contribution in [2.75, 3.05) is 105 Å². The van der Waals surface area contributed by atoms with Crippen LogP contribution in [0.15, 0.2) is 53.4 Å². The van der Waals surface area contributed by atoms with Gasteiger partial charge in [-0.25, -0.2) is 8.42 Å². The van der Waals surface area contributed by atoms with Gasteiger partial charge in [0.1, 0.15) is 11.9 Å². The summed E-state index contributed by atoms with van der Waals surface area (Å²) in [7, 11) is -3.45. The lowest BCUT2D eigenvalue weighted by Crippen LogP contribution is -2.43. The Labute approximate surface area is 304 Å². The Hall–Kier alpha value is -2.62. The minimum absolute atomic E-state index is 0.00575. The number of hydrogen-bond acceptors (Lipinski definition) is 11. The average molecular weight is 735 g/mol. The molecular formula is C38H58N2O10S. The van der Waals surface area contributed by atoms with Crippen molar-refractivity contribution in [3.63, 3.8) is 0 Å². The molecule has 2 aromatic carbocycles. The molecule has 2 aromatic rings. The monoisotopic (exact) mass is 734 g/mol. The predicted molar refractivity (Wildman–Crippen MR) is 194 cm³/mol. The van der Waals surface area contributed by atoms with Gasteiger partial charge in [0.2, 0.25) is 5.91 Å². The van der Waals surface area contributed by atoms with Gasteiger partial charge in [0.25, 0.3) is 0 Å². The number of carbonyl (C=O) groups excluding carboxylic acids is 1. The van der Waals surface area contributed by atoms with E-state index in [1.54, 1.807) is 24.3 Å². The fourth-order valence-corrected chi connectivity index (χ4v) is 7.52. The first-order valence-electron chi connectivity index (χ1n) is 18.5. The van der Waals surface area contributed by atoms with Crippen LogP contribution >= 0.6 is 0 Å². The van der Waals surface area contributed by atoms with Crippen molar-refractivity contribution in [2.24, 2.45) is 0 Å². The Morgan fingerprint density at radius 2 is 1.35 bits per heavy atom. The van der Waals surface area contributed by atoms with Gasteiger partial charge in [-0.15, -0.1) is 0 Å². The third kappa shape index (κ3) is 15.1. The molecule has 0 spiro atoms. The van der Waals surface area contributed by atoms with E-state index in [2.05, 4.69) is 34.5 Å². The Balaban J connectivity index is 0.999. The highest BCUT2D eigenvalue weighted by atomic mass is 32.2. The molecule has 1 fully saturated rings. The second kappa shape index (κ2) is 23.8. The summed E-state index contributed by atoms with van der Waals surface area (Å²) >= 11 is 0. The van der Waals surface area contributed by atoms with Crippen molar-refractivity contribution < 1.29 is 46.4 Å². The van der Waals surface area contributed by atoms with Crippen LogP contribution in [0.2, 0.25) is 0 Å². The van der Waals surface area contributed by atoms with E-state index in [-0.39, 0.29) is 29.1 Å². The fourth-order valence-electron chi connectivity index (χ4n) is 6.23. The van der Waals surface area contributed by atoms with Crippen molar-refractivity contribution in [1.29, 1.82) is 0 Å². The number of sulfone groups is 1. The first-order valence-corrected chi connectivity index (χ1v) is 20.2. The zero-order valence-corrected chi connectivity index (χ0v) is 31.1. The molecule has 0 saturated carbocycles.